The predicted octanol–water partition coefficient (Wildman–Crippen LogP) is 8.74. The van der Waals surface area contributed by atoms with Crippen LogP contribution in [0.25, 0.3) is 0 Å². The van der Waals surface area contributed by atoms with Gasteiger partial charge in [0.1, 0.15) is 17.0 Å². The van der Waals surface area contributed by atoms with E-state index in [4.69, 9.17) is 9.47 Å². The minimum Gasteiger partial charge on any atom is -0.444 e. The number of nitrogens with zero attached hydrogens (tertiary/aromatic N) is 1. The lowest BCUT2D eigenvalue weighted by Crippen LogP contribution is -2.52. The molecule has 3 N–H and O–H groups in total. The van der Waals surface area contributed by atoms with Crippen LogP contribution in [0.3, 0.4) is 0 Å². The van der Waals surface area contributed by atoms with Gasteiger partial charge in [0.15, 0.2) is 11.6 Å². The van der Waals surface area contributed by atoms with Crippen molar-refractivity contribution >= 4 is 41.4 Å². The number of alkyl carbamates (subject to hydrolysis) is 2. The Morgan fingerprint density at radius 3 is 1.76 bits per heavy atom. The molecule has 0 radical (unpaired) electrons. The van der Waals surface area contributed by atoms with Crippen LogP contribution in [-0.2, 0) is 46.3 Å². The molecule has 1 aliphatic heterocycles. The summed E-state index contributed by atoms with van der Waals surface area (Å²) in [5.74, 6) is -1.81. The van der Waals surface area contributed by atoms with Crippen LogP contribution in [-0.4, -0.2) is 89.2 Å². The second-order valence-corrected chi connectivity index (χ2v) is 22.0. The normalized spacial score (nSPS) is 17.9. The van der Waals surface area contributed by atoms with Crippen molar-refractivity contribution in [3.05, 3.63) is 71.8 Å². The Labute approximate surface area is 399 Å². The zero-order valence-electron chi connectivity index (χ0n) is 41.5. The maximum Gasteiger partial charge on any atom is 0.408 e. The van der Waals surface area contributed by atoms with Crippen LogP contribution in [0.2, 0.25) is 0 Å². The molecule has 1 spiro atoms. The number of unbranched alkanes of at least 4 members (excludes halogenated alkanes) is 1. The quantitative estimate of drug-likeness (QED) is 0.0920. The van der Waals surface area contributed by atoms with E-state index in [1.54, 1.807) is 41.5 Å². The van der Waals surface area contributed by atoms with Crippen LogP contribution in [0.15, 0.2) is 60.7 Å². The van der Waals surface area contributed by atoms with Crippen LogP contribution in [0, 0.1) is 35.0 Å². The van der Waals surface area contributed by atoms with E-state index in [9.17, 15) is 33.6 Å². The second-order valence-electron chi connectivity index (χ2n) is 22.0. The number of carbonyl (C=O) groups excluding carboxylic acids is 7. The number of hydrogen-bond donors (Lipinski definition) is 3. The molecule has 1 saturated heterocycles. The molecule has 2 saturated carbocycles. The number of ether oxygens (including phenoxy) is 2. The van der Waals surface area contributed by atoms with Gasteiger partial charge in [-0.15, -0.1) is 0 Å². The van der Waals surface area contributed by atoms with Crippen molar-refractivity contribution in [1.29, 1.82) is 0 Å². The summed E-state index contributed by atoms with van der Waals surface area (Å²) < 4.78 is 10.9. The second kappa shape index (κ2) is 23.8. The Morgan fingerprint density at radius 2 is 1.21 bits per heavy atom. The maximum atomic E-state index is 14.6. The largest absolute Gasteiger partial charge is 0.444 e. The summed E-state index contributed by atoms with van der Waals surface area (Å²) in [7, 11) is 0. The van der Waals surface area contributed by atoms with E-state index >= 15 is 0 Å². The first kappa shape index (κ1) is 52.9. The molecule has 368 valence electrons. The van der Waals surface area contributed by atoms with Crippen LogP contribution >= 0.6 is 0 Å². The Hall–Kier alpha value is -5.07. The van der Waals surface area contributed by atoms with Crippen LogP contribution < -0.4 is 16.0 Å². The third-order valence-corrected chi connectivity index (χ3v) is 13.2. The molecule has 2 aliphatic carbocycles. The van der Waals surface area contributed by atoms with Gasteiger partial charge in [0.05, 0.1) is 12.1 Å². The molecule has 13 heteroatoms. The molecule has 1 heterocycles. The van der Waals surface area contributed by atoms with Crippen molar-refractivity contribution in [1.82, 2.24) is 20.9 Å². The van der Waals surface area contributed by atoms with Crippen molar-refractivity contribution in [2.24, 2.45) is 35.0 Å². The van der Waals surface area contributed by atoms with E-state index in [0.717, 1.165) is 49.7 Å². The Kier molecular flexibility index (Phi) is 18.8. The molecule has 4 amide bonds. The average Bonchev–Trinajstić information content (AvgIpc) is 4.09. The number of carbonyl (C=O) groups is 7. The van der Waals surface area contributed by atoms with Gasteiger partial charge in [-0.2, -0.15) is 0 Å². The summed E-state index contributed by atoms with van der Waals surface area (Å²) in [5, 5.41) is 8.60. The average molecular weight is 927 g/mol. The van der Waals surface area contributed by atoms with Crippen molar-refractivity contribution in [2.75, 3.05) is 19.6 Å². The summed E-state index contributed by atoms with van der Waals surface area (Å²) in [5.41, 5.74) is 0.333. The molecular formula is C54H78N4O9. The molecule has 67 heavy (non-hydrogen) atoms. The summed E-state index contributed by atoms with van der Waals surface area (Å²) in [6.07, 6.45) is 6.28. The topological polar surface area (TPSA) is 177 Å². The summed E-state index contributed by atoms with van der Waals surface area (Å²) in [4.78, 5) is 97.9. The highest BCUT2D eigenvalue weighted by Crippen LogP contribution is 2.55. The fraction of sp³-hybridized carbons (Fsp3) is 0.648. The smallest absolute Gasteiger partial charge is 0.408 e. The molecule has 3 fully saturated rings. The van der Waals surface area contributed by atoms with Gasteiger partial charge in [-0.05, 0) is 135 Å². The first-order valence-corrected chi connectivity index (χ1v) is 24.8. The zero-order valence-corrected chi connectivity index (χ0v) is 41.5. The molecular weight excluding hydrogens is 849 g/mol. The molecule has 0 unspecified atom stereocenters. The minimum atomic E-state index is -0.983. The first-order valence-electron chi connectivity index (χ1n) is 24.8. The highest BCUT2D eigenvalue weighted by atomic mass is 16.6. The van der Waals surface area contributed by atoms with Crippen molar-refractivity contribution in [2.45, 2.75) is 169 Å². The van der Waals surface area contributed by atoms with Crippen LogP contribution in [0.4, 0.5) is 9.59 Å². The minimum absolute atomic E-state index is 0.0150. The third-order valence-electron chi connectivity index (χ3n) is 13.2. The number of ketones is 3. The summed E-state index contributed by atoms with van der Waals surface area (Å²) in [6.45, 7) is 16.1. The lowest BCUT2D eigenvalue weighted by molar-refractivity contribution is -0.145. The fourth-order valence-electron chi connectivity index (χ4n) is 9.59. The summed E-state index contributed by atoms with van der Waals surface area (Å²) >= 11 is 0. The van der Waals surface area contributed by atoms with Crippen molar-refractivity contribution < 1.29 is 43.0 Å². The fourth-order valence-corrected chi connectivity index (χ4v) is 9.59. The van der Waals surface area contributed by atoms with E-state index in [1.807, 2.05) is 79.4 Å². The Bertz CT molecular complexity index is 1990. The van der Waals surface area contributed by atoms with Gasteiger partial charge in [-0.1, -0.05) is 80.9 Å². The van der Waals surface area contributed by atoms with Crippen molar-refractivity contribution in [3.8, 4) is 0 Å². The van der Waals surface area contributed by atoms with Crippen LogP contribution in [0.1, 0.15) is 144 Å². The number of likely N-dealkylation sites (tertiary alicyclic amines) is 1. The molecule has 0 aromatic heterocycles. The number of Topliss-reactive ketones (excluding diaryl/α,β-unsaturated/α-hetero) is 3. The third kappa shape index (κ3) is 17.5. The van der Waals surface area contributed by atoms with Gasteiger partial charge in [-0.3, -0.25) is 24.0 Å². The van der Waals surface area contributed by atoms with E-state index in [2.05, 4.69) is 16.0 Å². The highest BCUT2D eigenvalue weighted by molar-refractivity contribution is 5.95. The molecule has 4 atom stereocenters. The van der Waals surface area contributed by atoms with Gasteiger partial charge in [0.2, 0.25) is 11.8 Å². The number of piperidine rings is 1. The standard InChI is InChI=1S/C54H78N4O9/c1-36(2)29-43(56-48(62)41(30-37-17-11-9-12-18-37)33-46(60)44(31-38-19-13-10-14-20-38)57-51(65)67-53(6,7)8)45(59)32-40(21-15-16-26-55-50(64)66-52(3,4)5)49(63)58-27-24-54(25-28-58)34-42(35-54)47(61)39-22-23-39/h9-14,17-20,36,39-44H,15-16,21-35H2,1-8H3,(H,55,64)(H,56,62)(H,57,65)/t40-,41-,43+,44+/m0/s1. The van der Waals surface area contributed by atoms with E-state index in [0.29, 0.717) is 51.1 Å². The lowest BCUT2D eigenvalue weighted by Gasteiger charge is -2.52. The number of amides is 4. The van der Waals surface area contributed by atoms with Gasteiger partial charge >= 0.3 is 12.2 Å². The first-order chi connectivity index (χ1) is 31.6. The number of rotatable bonds is 23. The molecule has 2 aromatic rings. The van der Waals surface area contributed by atoms with E-state index in [-0.39, 0.29) is 66.3 Å². The van der Waals surface area contributed by atoms with Crippen molar-refractivity contribution in [3.63, 3.8) is 0 Å². The highest BCUT2D eigenvalue weighted by Gasteiger charge is 2.51. The lowest BCUT2D eigenvalue weighted by atomic mass is 9.56. The Morgan fingerprint density at radius 1 is 0.672 bits per heavy atom. The Balaban J connectivity index is 1.30. The number of nitrogens with one attached hydrogen (secondary N) is 3. The van der Waals surface area contributed by atoms with E-state index < -0.39 is 53.2 Å². The van der Waals surface area contributed by atoms with Gasteiger partial charge in [-0.25, -0.2) is 9.59 Å². The van der Waals surface area contributed by atoms with Crippen LogP contribution in [0.5, 0.6) is 0 Å². The maximum absolute atomic E-state index is 14.6. The van der Waals surface area contributed by atoms with E-state index in [1.165, 1.54) is 0 Å². The van der Waals surface area contributed by atoms with Gasteiger partial charge in [0, 0.05) is 56.1 Å². The zero-order chi connectivity index (χ0) is 48.9. The SMILES string of the molecule is CC(C)C[C@@H](NC(=O)[C@H](CC(=O)[C@@H](Cc1ccccc1)NC(=O)OC(C)(C)C)Cc1ccccc1)C(=O)C[C@H](CCCCNC(=O)OC(C)(C)C)C(=O)N1CCC2(CC1)CC(C(=O)C1CC1)C2. The summed E-state index contributed by atoms with van der Waals surface area (Å²) in [6, 6.07) is 16.8. The molecule has 13 nitrogen and oxygen atoms in total. The van der Waals surface area contributed by atoms with Gasteiger partial charge < -0.3 is 30.3 Å². The number of benzene rings is 2. The van der Waals surface area contributed by atoms with Gasteiger partial charge in [0.25, 0.3) is 0 Å². The monoisotopic (exact) mass is 927 g/mol. The molecule has 0 bridgehead atoms. The predicted molar refractivity (Wildman–Crippen MR) is 258 cm³/mol. The molecule has 2 aromatic carbocycles. The molecule has 3 aliphatic rings. The molecule has 5 rings (SSSR count). The number of hydrogen-bond acceptors (Lipinski definition) is 9.